The molecule has 0 N–H and O–H groups in total. The van der Waals surface area contributed by atoms with Gasteiger partial charge in [0.05, 0.1) is 33.4 Å². The van der Waals surface area contributed by atoms with E-state index in [2.05, 4.69) is 165 Å². The van der Waals surface area contributed by atoms with E-state index < -0.39 is 0 Å². The minimum atomic E-state index is 0.788. The summed E-state index contributed by atoms with van der Waals surface area (Å²) in [5, 5.41) is 16.5. The molecule has 0 aliphatic heterocycles. The molecule has 0 saturated heterocycles. The van der Waals surface area contributed by atoms with Crippen LogP contribution in [-0.2, 0) is 0 Å². The van der Waals surface area contributed by atoms with Gasteiger partial charge in [-0.2, -0.15) is 0 Å². The minimum absolute atomic E-state index is 0.788. The molecule has 0 amide bonds. The van der Waals surface area contributed by atoms with Crippen molar-refractivity contribution in [3.8, 4) is 39.8 Å². The Bertz CT molecular complexity index is 3480. The first kappa shape index (κ1) is 30.7. The lowest BCUT2D eigenvalue weighted by Crippen LogP contribution is -2.03. The van der Waals surface area contributed by atoms with Crippen molar-refractivity contribution in [2.45, 2.75) is 0 Å². The van der Waals surface area contributed by atoms with Crippen LogP contribution in [0.5, 0.6) is 0 Å². The molecule has 0 aliphatic carbocycles. The number of furan rings is 1. The normalized spacial score (nSPS) is 11.9. The van der Waals surface area contributed by atoms with Crippen LogP contribution < -0.4 is 0 Å². The van der Waals surface area contributed by atoms with Crippen molar-refractivity contribution < 1.29 is 4.42 Å². The summed E-state index contributed by atoms with van der Waals surface area (Å²) in [5.74, 6) is 1.59. The van der Waals surface area contributed by atoms with Gasteiger partial charge < -0.3 is 13.6 Å². The Hall–Kier alpha value is -7.70. The highest BCUT2D eigenvalue weighted by Gasteiger charge is 2.22. The van der Waals surface area contributed by atoms with E-state index in [0.717, 1.165) is 89.2 Å². The second-order valence-electron chi connectivity index (χ2n) is 14.3. The van der Waals surface area contributed by atoms with Gasteiger partial charge >= 0.3 is 0 Å². The molecule has 8 aromatic carbocycles. The second-order valence-corrected chi connectivity index (χ2v) is 14.3. The fourth-order valence-electron chi connectivity index (χ4n) is 8.73. The van der Waals surface area contributed by atoms with E-state index in [1.54, 1.807) is 0 Å². The van der Waals surface area contributed by atoms with E-state index in [-0.39, 0.29) is 0 Å². The standard InChI is InChI=1S/C50H31N5O/c1-3-15-32(16-4-1)49-51-52-50(53(49)34-17-5-2-6-18-34)33-27-28-43-38(29-33)35-19-7-10-22-41(35)54(43)44-24-12-13-25-45(44)55-42-23-11-8-20-36(42)39-30-40-37-21-9-14-26-47(37)56-48(40)31-46(39)55/h1-31H. The molecule has 0 fully saturated rings. The summed E-state index contributed by atoms with van der Waals surface area (Å²) in [5.41, 5.74) is 11.4. The molecule has 0 aliphatic rings. The van der Waals surface area contributed by atoms with Gasteiger partial charge in [-0.05, 0) is 66.7 Å². The maximum Gasteiger partial charge on any atom is 0.168 e. The van der Waals surface area contributed by atoms with Crippen molar-refractivity contribution in [1.29, 1.82) is 0 Å². The van der Waals surface area contributed by atoms with Crippen LogP contribution in [0.1, 0.15) is 0 Å². The van der Waals surface area contributed by atoms with Crippen LogP contribution in [0.3, 0.4) is 0 Å². The van der Waals surface area contributed by atoms with Gasteiger partial charge in [0.25, 0.3) is 0 Å². The summed E-state index contributed by atoms with van der Waals surface area (Å²) in [7, 11) is 0. The topological polar surface area (TPSA) is 53.7 Å². The molecule has 4 heterocycles. The fourth-order valence-corrected chi connectivity index (χ4v) is 8.73. The Morgan fingerprint density at radius 3 is 1.57 bits per heavy atom. The van der Waals surface area contributed by atoms with E-state index >= 15 is 0 Å². The molecule has 6 nitrogen and oxygen atoms in total. The average Bonchev–Trinajstić information content (AvgIpc) is 4.03. The molecule has 0 spiro atoms. The predicted molar refractivity (Wildman–Crippen MR) is 228 cm³/mol. The zero-order valence-corrected chi connectivity index (χ0v) is 30.0. The number of aromatic nitrogens is 5. The second kappa shape index (κ2) is 11.9. The van der Waals surface area contributed by atoms with Gasteiger partial charge in [-0.25, -0.2) is 0 Å². The van der Waals surface area contributed by atoms with Crippen LogP contribution >= 0.6 is 0 Å². The highest BCUT2D eigenvalue weighted by Crippen LogP contribution is 2.42. The van der Waals surface area contributed by atoms with Gasteiger partial charge in [-0.15, -0.1) is 10.2 Å². The van der Waals surface area contributed by atoms with Gasteiger partial charge in [-0.3, -0.25) is 4.57 Å². The number of hydrogen-bond donors (Lipinski definition) is 0. The Balaban J connectivity index is 1.10. The molecule has 0 bridgehead atoms. The van der Waals surface area contributed by atoms with Gasteiger partial charge in [-0.1, -0.05) is 115 Å². The third-order valence-corrected chi connectivity index (χ3v) is 11.2. The van der Waals surface area contributed by atoms with Crippen LogP contribution in [-0.4, -0.2) is 23.9 Å². The summed E-state index contributed by atoms with van der Waals surface area (Å²) in [6.45, 7) is 0. The summed E-state index contributed by atoms with van der Waals surface area (Å²) in [4.78, 5) is 0. The van der Waals surface area contributed by atoms with Crippen molar-refractivity contribution in [3.63, 3.8) is 0 Å². The van der Waals surface area contributed by atoms with Crippen LogP contribution in [0, 0.1) is 0 Å². The number of rotatable bonds is 5. The number of benzene rings is 8. The van der Waals surface area contributed by atoms with Crippen molar-refractivity contribution in [3.05, 3.63) is 188 Å². The smallest absolute Gasteiger partial charge is 0.168 e. The van der Waals surface area contributed by atoms with Crippen molar-refractivity contribution in [1.82, 2.24) is 23.9 Å². The lowest BCUT2D eigenvalue weighted by molar-refractivity contribution is 0.669. The monoisotopic (exact) mass is 717 g/mol. The fraction of sp³-hybridized carbons (Fsp3) is 0. The zero-order chi connectivity index (χ0) is 36.7. The van der Waals surface area contributed by atoms with Gasteiger partial charge in [0.1, 0.15) is 11.2 Å². The largest absolute Gasteiger partial charge is 0.456 e. The molecule has 262 valence electrons. The highest BCUT2D eigenvalue weighted by atomic mass is 16.3. The summed E-state index contributed by atoms with van der Waals surface area (Å²) in [6, 6.07) is 66.2. The lowest BCUT2D eigenvalue weighted by atomic mass is 10.1. The molecule has 56 heavy (non-hydrogen) atoms. The number of fused-ring (bicyclic) bond motifs is 9. The van der Waals surface area contributed by atoms with Crippen molar-refractivity contribution >= 4 is 65.6 Å². The molecule has 0 radical (unpaired) electrons. The first-order valence-corrected chi connectivity index (χ1v) is 18.8. The van der Waals surface area contributed by atoms with E-state index in [9.17, 15) is 0 Å². The molecule has 0 unspecified atom stereocenters. The first-order chi connectivity index (χ1) is 27.8. The van der Waals surface area contributed by atoms with Gasteiger partial charge in [0.15, 0.2) is 11.6 Å². The molecule has 6 heteroatoms. The summed E-state index contributed by atoms with van der Waals surface area (Å²) >= 11 is 0. The highest BCUT2D eigenvalue weighted by molar-refractivity contribution is 6.18. The number of nitrogens with zero attached hydrogens (tertiary/aromatic N) is 5. The summed E-state index contributed by atoms with van der Waals surface area (Å²) < 4.78 is 13.4. The van der Waals surface area contributed by atoms with Crippen LogP contribution in [0.2, 0.25) is 0 Å². The Labute approximate surface area is 320 Å². The predicted octanol–water partition coefficient (Wildman–Crippen LogP) is 12.7. The van der Waals surface area contributed by atoms with Crippen LogP contribution in [0.15, 0.2) is 192 Å². The zero-order valence-electron chi connectivity index (χ0n) is 30.0. The average molecular weight is 718 g/mol. The molecule has 0 atom stereocenters. The third kappa shape index (κ3) is 4.44. The van der Waals surface area contributed by atoms with Crippen LogP contribution in [0.4, 0.5) is 0 Å². The lowest BCUT2D eigenvalue weighted by Gasteiger charge is -2.16. The maximum absolute atomic E-state index is 6.45. The van der Waals surface area contributed by atoms with E-state index in [1.807, 2.05) is 36.4 Å². The van der Waals surface area contributed by atoms with E-state index in [4.69, 9.17) is 14.6 Å². The van der Waals surface area contributed by atoms with Gasteiger partial charge in [0, 0.05) is 55.2 Å². The Morgan fingerprint density at radius 1 is 0.321 bits per heavy atom. The minimum Gasteiger partial charge on any atom is -0.456 e. The van der Waals surface area contributed by atoms with E-state index in [0.29, 0.717) is 0 Å². The van der Waals surface area contributed by atoms with Crippen molar-refractivity contribution in [2.75, 3.05) is 0 Å². The number of para-hydroxylation sites is 6. The van der Waals surface area contributed by atoms with Crippen LogP contribution in [0.25, 0.3) is 105 Å². The van der Waals surface area contributed by atoms with Gasteiger partial charge in [0.2, 0.25) is 0 Å². The first-order valence-electron chi connectivity index (χ1n) is 18.8. The maximum atomic E-state index is 6.45. The van der Waals surface area contributed by atoms with E-state index in [1.165, 1.54) is 16.2 Å². The molecule has 12 rings (SSSR count). The quantitative estimate of drug-likeness (QED) is 0.178. The Morgan fingerprint density at radius 2 is 0.857 bits per heavy atom. The molecule has 0 saturated carbocycles. The molecule has 4 aromatic heterocycles. The molecule has 12 aromatic rings. The molecular weight excluding hydrogens is 687 g/mol. The third-order valence-electron chi connectivity index (χ3n) is 11.2. The van der Waals surface area contributed by atoms with Crippen molar-refractivity contribution in [2.24, 2.45) is 0 Å². The number of hydrogen-bond acceptors (Lipinski definition) is 3. The SMILES string of the molecule is c1ccc(-c2nnc(-c3ccc4c(c3)c3ccccc3n4-c3ccccc3-n3c4ccccc4c4cc5c(cc43)oc3ccccc35)n2-c2ccccc2)cc1. The summed E-state index contributed by atoms with van der Waals surface area (Å²) in [6.07, 6.45) is 0. The molecular formula is C50H31N5O. The Kier molecular flexibility index (Phi) is 6.53.